The molecule has 2 fully saturated rings. The minimum Gasteiger partial charge on any atom is -0.382 e. The van der Waals surface area contributed by atoms with E-state index in [1.165, 1.54) is 0 Å². The van der Waals surface area contributed by atoms with Gasteiger partial charge in [-0.15, -0.1) is 5.10 Å². The Balaban J connectivity index is 1.70. The summed E-state index contributed by atoms with van der Waals surface area (Å²) in [7, 11) is -4.86. The lowest BCUT2D eigenvalue weighted by Crippen LogP contribution is -2.53. The van der Waals surface area contributed by atoms with Gasteiger partial charge in [-0.25, -0.2) is 13.6 Å². The monoisotopic (exact) mass is 495 g/mol. The van der Waals surface area contributed by atoms with Crippen LogP contribution in [0.4, 0.5) is 13.2 Å². The van der Waals surface area contributed by atoms with Crippen molar-refractivity contribution in [1.82, 2.24) is 10.2 Å². The van der Waals surface area contributed by atoms with Crippen molar-refractivity contribution in [3.8, 4) is 11.1 Å². The molecule has 0 aliphatic carbocycles. The maximum Gasteiger partial charge on any atom is 0.417 e. The number of benzene rings is 2. The highest BCUT2D eigenvalue weighted by Crippen LogP contribution is 2.40. The summed E-state index contributed by atoms with van der Waals surface area (Å²) in [6.45, 7) is 5.02. The summed E-state index contributed by atoms with van der Waals surface area (Å²) in [5.41, 5.74) is 12.2. The Morgan fingerprint density at radius 3 is 2.29 bits per heavy atom. The number of hydrogen-bond acceptors (Lipinski definition) is 6. The number of likely N-dealkylation sites (tertiary alicyclic amines) is 1. The van der Waals surface area contributed by atoms with E-state index in [2.05, 4.69) is 20.5 Å². The van der Waals surface area contributed by atoms with Crippen molar-refractivity contribution in [3.05, 3.63) is 53.1 Å². The second kappa shape index (κ2) is 9.06. The van der Waals surface area contributed by atoms with Crippen molar-refractivity contribution >= 4 is 15.9 Å². The van der Waals surface area contributed by atoms with Gasteiger partial charge in [0.2, 0.25) is 10.0 Å². The minimum absolute atomic E-state index is 0.0844. The Hall–Kier alpha value is -2.87. The van der Waals surface area contributed by atoms with Crippen LogP contribution < -0.4 is 16.2 Å². The Morgan fingerprint density at radius 2 is 1.79 bits per heavy atom. The highest BCUT2D eigenvalue weighted by atomic mass is 32.2. The summed E-state index contributed by atoms with van der Waals surface area (Å²) in [4.78, 5) is 1.18. The van der Waals surface area contributed by atoms with Crippen LogP contribution in [0.15, 0.2) is 51.6 Å². The first-order chi connectivity index (χ1) is 16.0. The number of alkyl halides is 3. The fraction of sp³-hybridized carbons (Fsp3) is 0.381. The smallest absolute Gasteiger partial charge is 0.382 e. The van der Waals surface area contributed by atoms with Crippen LogP contribution in [0.25, 0.3) is 11.1 Å². The number of nitrogens with two attached hydrogens (primary N) is 2. The molecule has 0 aromatic heterocycles. The van der Waals surface area contributed by atoms with Gasteiger partial charge in [0.15, 0.2) is 5.84 Å². The van der Waals surface area contributed by atoms with Gasteiger partial charge in [-0.3, -0.25) is 0 Å². The highest BCUT2D eigenvalue weighted by molar-refractivity contribution is 7.89. The topological polar surface area (TPSA) is 150 Å². The van der Waals surface area contributed by atoms with E-state index in [9.17, 15) is 21.6 Å². The zero-order chi connectivity index (χ0) is 24.7. The van der Waals surface area contributed by atoms with Crippen LogP contribution >= 0.6 is 0 Å². The lowest BCUT2D eigenvalue weighted by atomic mass is 9.88. The van der Waals surface area contributed by atoms with Crippen molar-refractivity contribution in [2.45, 2.75) is 17.0 Å². The SMILES string of the molecule is N=N/N=C(\N)c1c(-c2ccc(C3CN(CC4CNC4)C3)cc2)ccc(C(F)(F)F)c1S(N)(=O)=O. The van der Waals surface area contributed by atoms with E-state index >= 15 is 0 Å². The van der Waals surface area contributed by atoms with Crippen LogP contribution in [0, 0.1) is 11.4 Å². The molecule has 0 saturated carbocycles. The van der Waals surface area contributed by atoms with Gasteiger partial charge in [0, 0.05) is 44.2 Å². The maximum atomic E-state index is 13.6. The van der Waals surface area contributed by atoms with Gasteiger partial charge in [-0.1, -0.05) is 35.6 Å². The molecule has 9 nitrogen and oxygen atoms in total. The molecule has 4 rings (SSSR count). The van der Waals surface area contributed by atoms with Crippen LogP contribution in [-0.4, -0.2) is 51.9 Å². The van der Waals surface area contributed by atoms with E-state index in [-0.39, 0.29) is 5.56 Å². The van der Waals surface area contributed by atoms with Crippen molar-refractivity contribution in [2.75, 3.05) is 32.7 Å². The molecular weight excluding hydrogens is 471 g/mol. The van der Waals surface area contributed by atoms with Crippen molar-refractivity contribution in [3.63, 3.8) is 0 Å². The van der Waals surface area contributed by atoms with Crippen LogP contribution in [0.1, 0.15) is 22.6 Å². The third-order valence-corrected chi connectivity index (χ3v) is 7.19. The third-order valence-electron chi connectivity index (χ3n) is 6.19. The van der Waals surface area contributed by atoms with E-state index in [1.54, 1.807) is 12.1 Å². The molecule has 2 saturated heterocycles. The largest absolute Gasteiger partial charge is 0.417 e. The summed E-state index contributed by atoms with van der Waals surface area (Å²) in [6.07, 6.45) is -5.01. The van der Waals surface area contributed by atoms with Gasteiger partial charge < -0.3 is 16.0 Å². The molecule has 2 heterocycles. The first-order valence-corrected chi connectivity index (χ1v) is 12.0. The summed E-state index contributed by atoms with van der Waals surface area (Å²) in [5, 5.41) is 14.4. The number of sulfonamides is 1. The average Bonchev–Trinajstić information content (AvgIpc) is 2.69. The summed E-state index contributed by atoms with van der Waals surface area (Å²) >= 11 is 0. The molecule has 0 unspecified atom stereocenters. The molecule has 0 atom stereocenters. The molecule has 6 N–H and O–H groups in total. The Labute approximate surface area is 194 Å². The van der Waals surface area contributed by atoms with Crippen molar-refractivity contribution in [1.29, 1.82) is 5.53 Å². The highest BCUT2D eigenvalue weighted by Gasteiger charge is 2.39. The molecule has 0 amide bonds. The normalized spacial score (nSPS) is 18.4. The van der Waals surface area contributed by atoms with Gasteiger partial charge in [-0.2, -0.15) is 18.7 Å². The Bertz CT molecular complexity index is 1220. The van der Waals surface area contributed by atoms with E-state index in [0.717, 1.165) is 44.4 Å². The van der Waals surface area contributed by atoms with E-state index in [0.29, 0.717) is 23.5 Å². The molecule has 0 radical (unpaired) electrons. The summed E-state index contributed by atoms with van der Waals surface area (Å²) < 4.78 is 65.2. The number of amidine groups is 1. The molecule has 13 heteroatoms. The first kappa shape index (κ1) is 24.3. The van der Waals surface area contributed by atoms with E-state index in [1.807, 2.05) is 12.1 Å². The predicted octanol–water partition coefficient (Wildman–Crippen LogP) is 2.29. The fourth-order valence-electron chi connectivity index (χ4n) is 4.41. The molecule has 2 aromatic carbocycles. The van der Waals surface area contributed by atoms with Gasteiger partial charge >= 0.3 is 6.18 Å². The van der Waals surface area contributed by atoms with Crippen LogP contribution in [0.5, 0.6) is 0 Å². The number of rotatable bonds is 7. The van der Waals surface area contributed by atoms with Gasteiger partial charge in [0.25, 0.3) is 0 Å². The van der Waals surface area contributed by atoms with Crippen LogP contribution in [-0.2, 0) is 16.2 Å². The summed E-state index contributed by atoms with van der Waals surface area (Å²) in [6, 6.07) is 8.88. The molecule has 2 aliphatic heterocycles. The van der Waals surface area contributed by atoms with Gasteiger partial charge in [0.1, 0.15) is 4.90 Å². The zero-order valence-corrected chi connectivity index (χ0v) is 18.8. The first-order valence-electron chi connectivity index (χ1n) is 10.5. The molecular formula is C21H24F3N7O2S. The summed E-state index contributed by atoms with van der Waals surface area (Å²) in [5.74, 6) is 0.379. The molecule has 0 bridgehead atoms. The van der Waals surface area contributed by atoms with E-state index < -0.39 is 38.1 Å². The second-order valence-corrected chi connectivity index (χ2v) is 10.1. The van der Waals surface area contributed by atoms with Crippen molar-refractivity contribution in [2.24, 2.45) is 27.1 Å². The standard InChI is InChI=1S/C21H24F3N7O2S/c22-21(23,24)17-6-5-16(18(20(25)29-30-26)19(17)34(27,32)33)14-3-1-13(2-4-14)15-10-31(11-15)9-12-7-28-8-12/h1-6,12,15,28H,7-11H2,(H3,25,26,29)(H2,27,32,33). The van der Waals surface area contributed by atoms with Gasteiger partial charge in [-0.05, 0) is 28.7 Å². The lowest BCUT2D eigenvalue weighted by Gasteiger charge is -2.43. The van der Waals surface area contributed by atoms with Gasteiger partial charge in [0.05, 0.1) is 5.56 Å². The molecule has 34 heavy (non-hydrogen) atoms. The predicted molar refractivity (Wildman–Crippen MR) is 120 cm³/mol. The number of halogens is 3. The Morgan fingerprint density at radius 1 is 1.15 bits per heavy atom. The number of primary sulfonamides is 1. The lowest BCUT2D eigenvalue weighted by molar-refractivity contribution is -0.139. The zero-order valence-electron chi connectivity index (χ0n) is 18.0. The van der Waals surface area contributed by atoms with E-state index in [4.69, 9.17) is 16.4 Å². The van der Waals surface area contributed by atoms with Crippen molar-refractivity contribution < 1.29 is 21.6 Å². The Kier molecular flexibility index (Phi) is 6.46. The molecule has 182 valence electrons. The molecule has 0 spiro atoms. The fourth-order valence-corrected chi connectivity index (χ4v) is 5.40. The third kappa shape index (κ3) is 4.82. The molecule has 2 aliphatic rings. The second-order valence-electron chi connectivity index (χ2n) is 8.55. The number of hydrogen-bond donors (Lipinski definition) is 4. The van der Waals surface area contributed by atoms with Crippen LogP contribution in [0.3, 0.4) is 0 Å². The quantitative estimate of drug-likeness (QED) is 0.201. The average molecular weight is 496 g/mol. The molecule has 2 aromatic rings. The van der Waals surface area contributed by atoms with Crippen LogP contribution in [0.2, 0.25) is 0 Å². The minimum atomic E-state index is -5.01. The maximum absolute atomic E-state index is 13.6. The number of nitrogens with one attached hydrogen (secondary N) is 2. The number of nitrogens with zero attached hydrogens (tertiary/aromatic N) is 3.